The van der Waals surface area contributed by atoms with Gasteiger partial charge in [-0.25, -0.2) is 9.97 Å². The Morgan fingerprint density at radius 1 is 0.895 bits per heavy atom. The van der Waals surface area contributed by atoms with Crippen molar-refractivity contribution in [2.45, 2.75) is 70.9 Å². The van der Waals surface area contributed by atoms with E-state index in [-0.39, 0.29) is 5.75 Å². The Balaban J connectivity index is 2.16. The van der Waals surface area contributed by atoms with Crippen molar-refractivity contribution in [3.05, 3.63) is 11.4 Å². The summed E-state index contributed by atoms with van der Waals surface area (Å²) in [6.07, 6.45) is 9.29. The van der Waals surface area contributed by atoms with Crippen molar-refractivity contribution in [2.75, 3.05) is 5.75 Å². The maximum Gasteiger partial charge on any atom is 0.188 e. The molecule has 0 saturated carbocycles. The molecule has 1 aromatic rings. The van der Waals surface area contributed by atoms with Crippen LogP contribution in [0.2, 0.25) is 0 Å². The zero-order chi connectivity index (χ0) is 14.1. The quantitative estimate of drug-likeness (QED) is 0.407. The minimum absolute atomic E-state index is 0.222. The third-order valence-electron chi connectivity index (χ3n) is 3.19. The second kappa shape index (κ2) is 9.18. The predicted octanol–water partition coefficient (Wildman–Crippen LogP) is 4.64. The maximum absolute atomic E-state index is 9.61. The van der Waals surface area contributed by atoms with Gasteiger partial charge < -0.3 is 5.11 Å². The molecule has 108 valence electrons. The molecular weight excluding hydrogens is 256 g/mol. The lowest BCUT2D eigenvalue weighted by molar-refractivity contribution is 0.456. The molecule has 0 aliphatic heterocycles. The molecule has 19 heavy (non-hydrogen) atoms. The molecule has 1 aromatic heterocycles. The van der Waals surface area contributed by atoms with E-state index in [4.69, 9.17) is 0 Å². The van der Waals surface area contributed by atoms with Gasteiger partial charge in [0.05, 0.1) is 11.4 Å². The predicted molar refractivity (Wildman–Crippen MR) is 81.9 cm³/mol. The first-order valence-corrected chi connectivity index (χ1v) is 8.30. The molecule has 0 aliphatic rings. The maximum atomic E-state index is 9.61. The highest BCUT2D eigenvalue weighted by atomic mass is 32.2. The van der Waals surface area contributed by atoms with Crippen molar-refractivity contribution in [3.63, 3.8) is 0 Å². The van der Waals surface area contributed by atoms with Crippen molar-refractivity contribution in [3.8, 4) is 5.75 Å². The first-order valence-electron chi connectivity index (χ1n) is 7.32. The van der Waals surface area contributed by atoms with Gasteiger partial charge in [0.1, 0.15) is 0 Å². The molecule has 0 radical (unpaired) electrons. The van der Waals surface area contributed by atoms with Gasteiger partial charge in [0, 0.05) is 5.75 Å². The number of unbranched alkanes of at least 4 members (excludes halogenated alkanes) is 6. The average Bonchev–Trinajstić information content (AvgIpc) is 2.39. The Hall–Kier alpha value is -0.770. The number of hydrogen-bond donors (Lipinski definition) is 1. The second-order valence-corrected chi connectivity index (χ2v) is 6.06. The van der Waals surface area contributed by atoms with Crippen LogP contribution in [0, 0.1) is 13.8 Å². The number of hydrogen-bond acceptors (Lipinski definition) is 4. The SMILES string of the molecule is CCCCCCCCCSc1nc(C)c(O)c(C)n1. The summed E-state index contributed by atoms with van der Waals surface area (Å²) >= 11 is 1.69. The third kappa shape index (κ3) is 6.28. The van der Waals surface area contributed by atoms with Gasteiger partial charge in [0.25, 0.3) is 0 Å². The molecule has 0 atom stereocenters. The van der Waals surface area contributed by atoms with E-state index in [2.05, 4.69) is 16.9 Å². The van der Waals surface area contributed by atoms with Crippen LogP contribution in [-0.2, 0) is 0 Å². The van der Waals surface area contributed by atoms with Gasteiger partial charge in [-0.05, 0) is 20.3 Å². The smallest absolute Gasteiger partial charge is 0.188 e. The topological polar surface area (TPSA) is 46.0 Å². The highest BCUT2D eigenvalue weighted by Crippen LogP contribution is 2.23. The summed E-state index contributed by atoms with van der Waals surface area (Å²) in [6, 6.07) is 0. The van der Waals surface area contributed by atoms with Crippen LogP contribution >= 0.6 is 11.8 Å². The van der Waals surface area contributed by atoms with E-state index in [1.54, 1.807) is 11.8 Å². The third-order valence-corrected chi connectivity index (χ3v) is 4.12. The highest BCUT2D eigenvalue weighted by molar-refractivity contribution is 7.99. The molecule has 0 bridgehead atoms. The van der Waals surface area contributed by atoms with Crippen molar-refractivity contribution < 1.29 is 5.11 Å². The summed E-state index contributed by atoms with van der Waals surface area (Å²) < 4.78 is 0. The standard InChI is InChI=1S/C15H26N2OS/c1-4-5-6-7-8-9-10-11-19-15-16-12(2)14(18)13(3)17-15/h18H,4-11H2,1-3H3. The fourth-order valence-corrected chi connectivity index (χ4v) is 2.90. The van der Waals surface area contributed by atoms with Crippen LogP contribution < -0.4 is 0 Å². The lowest BCUT2D eigenvalue weighted by atomic mass is 10.1. The number of aromatic nitrogens is 2. The van der Waals surface area contributed by atoms with E-state index >= 15 is 0 Å². The highest BCUT2D eigenvalue weighted by Gasteiger charge is 2.06. The van der Waals surface area contributed by atoms with Crippen LogP contribution in [-0.4, -0.2) is 20.8 Å². The summed E-state index contributed by atoms with van der Waals surface area (Å²) in [6.45, 7) is 5.89. The van der Waals surface area contributed by atoms with Crippen LogP contribution in [0.3, 0.4) is 0 Å². The molecular formula is C15H26N2OS. The zero-order valence-electron chi connectivity index (χ0n) is 12.4. The van der Waals surface area contributed by atoms with Crippen LogP contribution in [0.25, 0.3) is 0 Å². The fraction of sp³-hybridized carbons (Fsp3) is 0.733. The van der Waals surface area contributed by atoms with Gasteiger partial charge in [0.15, 0.2) is 10.9 Å². The summed E-state index contributed by atoms with van der Waals surface area (Å²) in [5.74, 6) is 1.29. The Labute approximate surface area is 121 Å². The monoisotopic (exact) mass is 282 g/mol. The molecule has 0 amide bonds. The molecule has 0 fully saturated rings. The van der Waals surface area contributed by atoms with Crippen molar-refractivity contribution in [1.29, 1.82) is 0 Å². The molecule has 1 N–H and O–H groups in total. The van der Waals surface area contributed by atoms with Gasteiger partial charge in [-0.15, -0.1) is 0 Å². The van der Waals surface area contributed by atoms with E-state index < -0.39 is 0 Å². The second-order valence-electron chi connectivity index (χ2n) is 5.00. The van der Waals surface area contributed by atoms with Crippen LogP contribution in [0.1, 0.15) is 63.3 Å². The van der Waals surface area contributed by atoms with E-state index in [0.717, 1.165) is 10.9 Å². The van der Waals surface area contributed by atoms with Gasteiger partial charge in [-0.3, -0.25) is 0 Å². The number of rotatable bonds is 9. The van der Waals surface area contributed by atoms with E-state index in [1.165, 1.54) is 44.9 Å². The Kier molecular flexibility index (Phi) is 7.87. The van der Waals surface area contributed by atoms with Gasteiger partial charge >= 0.3 is 0 Å². The molecule has 4 heteroatoms. The molecule has 1 rings (SSSR count). The Morgan fingerprint density at radius 3 is 2.00 bits per heavy atom. The molecule has 0 aliphatic carbocycles. The van der Waals surface area contributed by atoms with Crippen molar-refractivity contribution >= 4 is 11.8 Å². The largest absolute Gasteiger partial charge is 0.504 e. The van der Waals surface area contributed by atoms with E-state index in [0.29, 0.717) is 11.4 Å². The molecule has 0 aromatic carbocycles. The van der Waals surface area contributed by atoms with Crippen LogP contribution in [0.5, 0.6) is 5.75 Å². The number of thioether (sulfide) groups is 1. The van der Waals surface area contributed by atoms with Crippen LogP contribution in [0.15, 0.2) is 5.16 Å². The Morgan fingerprint density at radius 2 is 1.42 bits per heavy atom. The van der Waals surface area contributed by atoms with Gasteiger partial charge in [0.2, 0.25) is 0 Å². The van der Waals surface area contributed by atoms with Gasteiger partial charge in [-0.1, -0.05) is 57.2 Å². The van der Waals surface area contributed by atoms with E-state index in [9.17, 15) is 5.11 Å². The Bertz CT molecular complexity index is 359. The van der Waals surface area contributed by atoms with Crippen molar-refractivity contribution in [1.82, 2.24) is 9.97 Å². The lowest BCUT2D eigenvalue weighted by Crippen LogP contribution is -1.95. The van der Waals surface area contributed by atoms with Gasteiger partial charge in [-0.2, -0.15) is 0 Å². The molecule has 0 unspecified atom stereocenters. The number of nitrogens with zero attached hydrogens (tertiary/aromatic N) is 2. The average molecular weight is 282 g/mol. The van der Waals surface area contributed by atoms with E-state index in [1.807, 2.05) is 13.8 Å². The summed E-state index contributed by atoms with van der Waals surface area (Å²) in [4.78, 5) is 8.59. The molecule has 0 spiro atoms. The summed E-state index contributed by atoms with van der Waals surface area (Å²) in [5.41, 5.74) is 1.35. The molecule has 0 saturated heterocycles. The van der Waals surface area contributed by atoms with Crippen LogP contribution in [0.4, 0.5) is 0 Å². The number of aromatic hydroxyl groups is 1. The minimum Gasteiger partial charge on any atom is -0.504 e. The molecule has 3 nitrogen and oxygen atoms in total. The minimum atomic E-state index is 0.222. The first-order chi connectivity index (χ1) is 9.15. The zero-order valence-corrected chi connectivity index (χ0v) is 13.2. The first kappa shape index (κ1) is 16.3. The van der Waals surface area contributed by atoms with Crippen molar-refractivity contribution in [2.24, 2.45) is 0 Å². The lowest BCUT2D eigenvalue weighted by Gasteiger charge is -2.05. The summed E-state index contributed by atoms with van der Waals surface area (Å²) in [7, 11) is 0. The number of aryl methyl sites for hydroxylation is 2. The normalized spacial score (nSPS) is 10.9. The molecule has 1 heterocycles. The summed E-state index contributed by atoms with van der Waals surface area (Å²) in [5, 5.41) is 10.4. The fourth-order valence-electron chi connectivity index (χ4n) is 1.97.